The molecular formula is C11H23NO. The molecule has 1 rings (SSSR count). The average molecular weight is 185 g/mol. The summed E-state index contributed by atoms with van der Waals surface area (Å²) in [6.07, 6.45) is 4.91. The van der Waals surface area contributed by atoms with Gasteiger partial charge < -0.3 is 10.0 Å². The van der Waals surface area contributed by atoms with Crippen LogP contribution in [0.4, 0.5) is 0 Å². The van der Waals surface area contributed by atoms with E-state index in [1.807, 2.05) is 0 Å². The van der Waals surface area contributed by atoms with Crippen molar-refractivity contribution in [2.24, 2.45) is 5.92 Å². The number of rotatable bonds is 4. The molecule has 0 saturated carbocycles. The van der Waals surface area contributed by atoms with Crippen LogP contribution in [0.3, 0.4) is 0 Å². The lowest BCUT2D eigenvalue weighted by Crippen LogP contribution is -2.33. The van der Waals surface area contributed by atoms with E-state index in [2.05, 4.69) is 18.7 Å². The zero-order valence-electron chi connectivity index (χ0n) is 9.00. The molecule has 0 unspecified atom stereocenters. The predicted molar refractivity (Wildman–Crippen MR) is 55.8 cm³/mol. The minimum atomic E-state index is -0.109. The van der Waals surface area contributed by atoms with E-state index >= 15 is 0 Å². The molecule has 0 radical (unpaired) electrons. The summed E-state index contributed by atoms with van der Waals surface area (Å²) in [4.78, 5) is 2.48. The van der Waals surface area contributed by atoms with Gasteiger partial charge in [-0.2, -0.15) is 0 Å². The summed E-state index contributed by atoms with van der Waals surface area (Å²) >= 11 is 0. The van der Waals surface area contributed by atoms with Crippen LogP contribution in [0.1, 0.15) is 39.5 Å². The van der Waals surface area contributed by atoms with Crippen molar-refractivity contribution in [3.05, 3.63) is 0 Å². The second kappa shape index (κ2) is 5.61. The highest BCUT2D eigenvalue weighted by atomic mass is 16.3. The molecule has 0 aromatic rings. The molecule has 13 heavy (non-hydrogen) atoms. The van der Waals surface area contributed by atoms with Crippen molar-refractivity contribution in [2.75, 3.05) is 19.6 Å². The van der Waals surface area contributed by atoms with Gasteiger partial charge in [0.25, 0.3) is 0 Å². The Labute approximate surface area is 81.9 Å². The Bertz CT molecular complexity index is 130. The van der Waals surface area contributed by atoms with Crippen LogP contribution in [0, 0.1) is 5.92 Å². The first-order valence-corrected chi connectivity index (χ1v) is 5.60. The molecule has 1 fully saturated rings. The smallest absolute Gasteiger partial charge is 0.0575 e. The SMILES string of the molecule is CC(C)[C@H](O)CCN1CCCCC1. The van der Waals surface area contributed by atoms with Crippen molar-refractivity contribution >= 4 is 0 Å². The number of hydrogen-bond donors (Lipinski definition) is 1. The van der Waals surface area contributed by atoms with Gasteiger partial charge in [0.2, 0.25) is 0 Å². The first-order valence-electron chi connectivity index (χ1n) is 5.60. The van der Waals surface area contributed by atoms with Crippen LogP contribution in [-0.2, 0) is 0 Å². The zero-order valence-corrected chi connectivity index (χ0v) is 9.00. The standard InChI is InChI=1S/C11H23NO/c1-10(2)11(13)6-9-12-7-4-3-5-8-12/h10-11,13H,3-9H2,1-2H3/t11-/m1/s1. The Balaban J connectivity index is 2.10. The van der Waals surface area contributed by atoms with Gasteiger partial charge in [0.1, 0.15) is 0 Å². The summed E-state index contributed by atoms with van der Waals surface area (Å²) in [5.74, 6) is 0.407. The van der Waals surface area contributed by atoms with E-state index < -0.39 is 0 Å². The highest BCUT2D eigenvalue weighted by Gasteiger charge is 2.13. The molecule has 0 aliphatic carbocycles. The predicted octanol–water partition coefficient (Wildman–Crippen LogP) is 1.88. The van der Waals surface area contributed by atoms with Gasteiger partial charge in [0, 0.05) is 6.54 Å². The molecule has 1 aliphatic rings. The maximum atomic E-state index is 9.63. The molecule has 2 heteroatoms. The normalized spacial score (nSPS) is 22.2. The summed E-state index contributed by atoms with van der Waals surface area (Å²) < 4.78 is 0. The largest absolute Gasteiger partial charge is 0.393 e. The van der Waals surface area contributed by atoms with E-state index in [1.54, 1.807) is 0 Å². The summed E-state index contributed by atoms with van der Waals surface area (Å²) in [7, 11) is 0. The topological polar surface area (TPSA) is 23.5 Å². The van der Waals surface area contributed by atoms with E-state index in [0.717, 1.165) is 13.0 Å². The summed E-state index contributed by atoms with van der Waals surface area (Å²) in [6.45, 7) is 7.73. The first kappa shape index (κ1) is 11.0. The number of hydrogen-bond acceptors (Lipinski definition) is 2. The van der Waals surface area contributed by atoms with Gasteiger partial charge in [-0.25, -0.2) is 0 Å². The van der Waals surface area contributed by atoms with Crippen LogP contribution in [0.15, 0.2) is 0 Å². The molecule has 0 aromatic carbocycles. The second-order valence-electron chi connectivity index (χ2n) is 4.50. The Kier molecular flexibility index (Phi) is 4.74. The van der Waals surface area contributed by atoms with Crippen molar-refractivity contribution in [2.45, 2.75) is 45.6 Å². The van der Waals surface area contributed by atoms with Crippen LogP contribution < -0.4 is 0 Å². The lowest BCUT2D eigenvalue weighted by molar-refractivity contribution is 0.0954. The highest BCUT2D eigenvalue weighted by Crippen LogP contribution is 2.11. The third-order valence-electron chi connectivity index (χ3n) is 2.96. The van der Waals surface area contributed by atoms with Gasteiger partial charge in [-0.15, -0.1) is 0 Å². The molecule has 1 heterocycles. The average Bonchev–Trinajstić information content (AvgIpc) is 2.15. The molecule has 1 N–H and O–H groups in total. The summed E-state index contributed by atoms with van der Waals surface area (Å²) in [5, 5.41) is 9.63. The summed E-state index contributed by atoms with van der Waals surface area (Å²) in [6, 6.07) is 0. The third-order valence-corrected chi connectivity index (χ3v) is 2.96. The Hall–Kier alpha value is -0.0800. The van der Waals surface area contributed by atoms with Crippen molar-refractivity contribution in [3.63, 3.8) is 0 Å². The van der Waals surface area contributed by atoms with Crippen molar-refractivity contribution in [1.29, 1.82) is 0 Å². The lowest BCUT2D eigenvalue weighted by atomic mass is 10.0. The van der Waals surface area contributed by atoms with E-state index in [4.69, 9.17) is 0 Å². The van der Waals surface area contributed by atoms with E-state index in [0.29, 0.717) is 5.92 Å². The van der Waals surface area contributed by atoms with Gasteiger partial charge in [0.15, 0.2) is 0 Å². The molecule has 0 spiro atoms. The number of aliphatic hydroxyl groups is 1. The highest BCUT2D eigenvalue weighted by molar-refractivity contribution is 4.68. The molecular weight excluding hydrogens is 162 g/mol. The lowest BCUT2D eigenvalue weighted by Gasteiger charge is -2.27. The molecule has 0 aromatic heterocycles. The zero-order chi connectivity index (χ0) is 9.68. The van der Waals surface area contributed by atoms with E-state index in [1.165, 1.54) is 32.4 Å². The van der Waals surface area contributed by atoms with E-state index in [-0.39, 0.29) is 6.10 Å². The van der Waals surface area contributed by atoms with Crippen LogP contribution >= 0.6 is 0 Å². The number of piperidine rings is 1. The monoisotopic (exact) mass is 185 g/mol. The molecule has 2 nitrogen and oxygen atoms in total. The molecule has 0 amide bonds. The quantitative estimate of drug-likeness (QED) is 0.723. The van der Waals surface area contributed by atoms with Gasteiger partial charge >= 0.3 is 0 Å². The van der Waals surface area contributed by atoms with Crippen molar-refractivity contribution in [3.8, 4) is 0 Å². The fraction of sp³-hybridized carbons (Fsp3) is 1.00. The van der Waals surface area contributed by atoms with Crippen molar-refractivity contribution in [1.82, 2.24) is 4.90 Å². The molecule has 1 atom stereocenters. The van der Waals surface area contributed by atoms with Crippen LogP contribution in [0.5, 0.6) is 0 Å². The Morgan fingerprint density at radius 2 is 1.77 bits per heavy atom. The number of nitrogens with zero attached hydrogens (tertiary/aromatic N) is 1. The number of aliphatic hydroxyl groups excluding tert-OH is 1. The Morgan fingerprint density at radius 3 is 2.31 bits per heavy atom. The first-order chi connectivity index (χ1) is 6.20. The van der Waals surface area contributed by atoms with E-state index in [9.17, 15) is 5.11 Å². The van der Waals surface area contributed by atoms with Gasteiger partial charge in [-0.3, -0.25) is 0 Å². The minimum Gasteiger partial charge on any atom is -0.393 e. The third kappa shape index (κ3) is 4.10. The molecule has 0 bridgehead atoms. The molecule has 1 saturated heterocycles. The maximum absolute atomic E-state index is 9.63. The van der Waals surface area contributed by atoms with Gasteiger partial charge in [-0.1, -0.05) is 20.3 Å². The Morgan fingerprint density at radius 1 is 1.15 bits per heavy atom. The minimum absolute atomic E-state index is 0.109. The number of likely N-dealkylation sites (tertiary alicyclic amines) is 1. The fourth-order valence-corrected chi connectivity index (χ4v) is 1.83. The van der Waals surface area contributed by atoms with Crippen LogP contribution in [0.2, 0.25) is 0 Å². The molecule has 78 valence electrons. The van der Waals surface area contributed by atoms with Gasteiger partial charge in [-0.05, 0) is 38.3 Å². The second-order valence-corrected chi connectivity index (χ2v) is 4.50. The van der Waals surface area contributed by atoms with Crippen molar-refractivity contribution < 1.29 is 5.11 Å². The van der Waals surface area contributed by atoms with Crippen LogP contribution in [-0.4, -0.2) is 35.7 Å². The summed E-state index contributed by atoms with van der Waals surface area (Å²) in [5.41, 5.74) is 0. The fourth-order valence-electron chi connectivity index (χ4n) is 1.83. The van der Waals surface area contributed by atoms with Gasteiger partial charge in [0.05, 0.1) is 6.10 Å². The van der Waals surface area contributed by atoms with Crippen LogP contribution in [0.25, 0.3) is 0 Å². The maximum Gasteiger partial charge on any atom is 0.0575 e. The molecule has 1 aliphatic heterocycles.